The van der Waals surface area contributed by atoms with E-state index >= 15 is 0 Å². The third kappa shape index (κ3) is 3.94. The molecule has 0 aliphatic carbocycles. The number of halogens is 1. The summed E-state index contributed by atoms with van der Waals surface area (Å²) in [5.41, 5.74) is 0.643. The van der Waals surface area contributed by atoms with Crippen LogP contribution in [-0.2, 0) is 0 Å². The molecule has 0 spiro atoms. The highest BCUT2D eigenvalue weighted by Crippen LogP contribution is 2.27. The number of aromatic nitrogens is 1. The lowest BCUT2D eigenvalue weighted by atomic mass is 9.96. The zero-order valence-electron chi connectivity index (χ0n) is 13.8. The molecule has 1 unspecified atom stereocenters. The van der Waals surface area contributed by atoms with E-state index in [-0.39, 0.29) is 11.9 Å². The van der Waals surface area contributed by atoms with Crippen LogP contribution >= 0.6 is 11.6 Å². The van der Waals surface area contributed by atoms with Gasteiger partial charge in [-0.25, -0.2) is 0 Å². The lowest BCUT2D eigenvalue weighted by Crippen LogP contribution is -2.46. The topological polar surface area (TPSA) is 54.5 Å². The first-order valence-corrected chi connectivity index (χ1v) is 8.95. The van der Waals surface area contributed by atoms with Gasteiger partial charge in [-0.2, -0.15) is 0 Å². The van der Waals surface area contributed by atoms with Crippen LogP contribution in [-0.4, -0.2) is 41.5 Å². The van der Waals surface area contributed by atoms with E-state index in [4.69, 9.17) is 16.3 Å². The molecule has 2 saturated heterocycles. The molecule has 0 saturated carbocycles. The average Bonchev–Trinajstić information content (AvgIpc) is 2.94. The summed E-state index contributed by atoms with van der Waals surface area (Å²) in [6.07, 6.45) is 5.50. The molecule has 1 amide bonds. The molecule has 2 aliphatic rings. The molecule has 3 heterocycles. The second-order valence-electron chi connectivity index (χ2n) is 6.79. The van der Waals surface area contributed by atoms with Gasteiger partial charge in [-0.1, -0.05) is 11.6 Å². The minimum Gasteiger partial charge on any atom is -0.456 e. The summed E-state index contributed by atoms with van der Waals surface area (Å²) >= 11 is 5.90. The van der Waals surface area contributed by atoms with Gasteiger partial charge in [0.25, 0.3) is 5.91 Å². The van der Waals surface area contributed by atoms with E-state index in [0.29, 0.717) is 22.1 Å². The van der Waals surface area contributed by atoms with Crippen molar-refractivity contribution in [2.45, 2.75) is 18.9 Å². The average molecular weight is 358 g/mol. The fourth-order valence-corrected chi connectivity index (χ4v) is 3.86. The van der Waals surface area contributed by atoms with Crippen molar-refractivity contribution in [2.24, 2.45) is 5.92 Å². The maximum absolute atomic E-state index is 12.5. The van der Waals surface area contributed by atoms with Crippen LogP contribution in [0.25, 0.3) is 0 Å². The fraction of sp³-hybridized carbons (Fsp3) is 0.368. The molecule has 6 heteroatoms. The van der Waals surface area contributed by atoms with Gasteiger partial charge in [-0.15, -0.1) is 0 Å². The van der Waals surface area contributed by atoms with Crippen molar-refractivity contribution in [1.29, 1.82) is 0 Å². The number of piperidine rings is 1. The highest BCUT2D eigenvalue weighted by molar-refractivity contribution is 6.30. The van der Waals surface area contributed by atoms with E-state index in [1.54, 1.807) is 42.7 Å². The monoisotopic (exact) mass is 357 g/mol. The molecule has 1 aromatic carbocycles. The SMILES string of the molecule is O=C(N[C@@H]1C[C@@H]2CCN(C2)C1)c1ccc(Oc2cncc(Cl)c2)cc1. The van der Waals surface area contributed by atoms with Gasteiger partial charge in [0.2, 0.25) is 0 Å². The lowest BCUT2D eigenvalue weighted by Gasteiger charge is -2.30. The number of benzene rings is 1. The zero-order valence-corrected chi connectivity index (χ0v) is 14.6. The van der Waals surface area contributed by atoms with Crippen molar-refractivity contribution in [1.82, 2.24) is 15.2 Å². The molecule has 2 aromatic rings. The molecule has 1 N–H and O–H groups in total. The predicted molar refractivity (Wildman–Crippen MR) is 96.2 cm³/mol. The van der Waals surface area contributed by atoms with Gasteiger partial charge in [0.1, 0.15) is 11.5 Å². The first kappa shape index (κ1) is 16.4. The van der Waals surface area contributed by atoms with Crippen LogP contribution < -0.4 is 10.1 Å². The molecule has 3 atom stereocenters. The summed E-state index contributed by atoms with van der Waals surface area (Å²) < 4.78 is 5.69. The Morgan fingerprint density at radius 2 is 2.04 bits per heavy atom. The Hall–Kier alpha value is -2.11. The van der Waals surface area contributed by atoms with E-state index in [2.05, 4.69) is 15.2 Å². The zero-order chi connectivity index (χ0) is 17.2. The van der Waals surface area contributed by atoms with E-state index in [1.165, 1.54) is 19.5 Å². The Labute approximate surface area is 152 Å². The highest BCUT2D eigenvalue weighted by atomic mass is 35.5. The summed E-state index contributed by atoms with van der Waals surface area (Å²) in [6, 6.07) is 9.07. The fourth-order valence-electron chi connectivity index (χ4n) is 3.69. The molecule has 1 aromatic heterocycles. The van der Waals surface area contributed by atoms with Crippen LogP contribution in [0.5, 0.6) is 11.5 Å². The number of pyridine rings is 1. The summed E-state index contributed by atoms with van der Waals surface area (Å²) in [5.74, 6) is 1.92. The quantitative estimate of drug-likeness (QED) is 0.911. The first-order chi connectivity index (χ1) is 12.2. The van der Waals surface area contributed by atoms with Crippen LogP contribution in [0.15, 0.2) is 42.7 Å². The number of carbonyl (C=O) groups is 1. The summed E-state index contributed by atoms with van der Waals surface area (Å²) in [6.45, 7) is 3.32. The molecule has 2 bridgehead atoms. The Bertz CT molecular complexity index is 754. The molecular formula is C19H20ClN3O2. The third-order valence-corrected chi connectivity index (χ3v) is 5.04. The van der Waals surface area contributed by atoms with E-state index in [9.17, 15) is 4.79 Å². The van der Waals surface area contributed by atoms with E-state index in [1.807, 2.05) is 0 Å². The second kappa shape index (κ2) is 7.02. The number of nitrogens with one attached hydrogen (secondary N) is 1. The molecule has 2 fully saturated rings. The largest absolute Gasteiger partial charge is 0.456 e. The molecule has 2 aliphatic heterocycles. The van der Waals surface area contributed by atoms with Crippen LogP contribution in [0.3, 0.4) is 0 Å². The summed E-state index contributed by atoms with van der Waals surface area (Å²) in [7, 11) is 0. The van der Waals surface area contributed by atoms with E-state index < -0.39 is 0 Å². The standard InChI is InChI=1S/C19H20ClN3O2/c20-15-8-18(10-21-9-15)25-17-3-1-14(2-4-17)19(24)22-16-7-13-5-6-23(11-13)12-16/h1-4,8-10,13,16H,5-7,11-12H2,(H,22,24)/t13-,16+/m0/s1. The van der Waals surface area contributed by atoms with Crippen LogP contribution in [0.1, 0.15) is 23.2 Å². The van der Waals surface area contributed by atoms with Gasteiger partial charge < -0.3 is 15.0 Å². The molecule has 25 heavy (non-hydrogen) atoms. The van der Waals surface area contributed by atoms with Crippen LogP contribution in [0.2, 0.25) is 5.02 Å². The van der Waals surface area contributed by atoms with Gasteiger partial charge in [0.05, 0.1) is 11.2 Å². The van der Waals surface area contributed by atoms with Crippen molar-refractivity contribution >= 4 is 17.5 Å². The Morgan fingerprint density at radius 1 is 1.20 bits per heavy atom. The number of fused-ring (bicyclic) bond motifs is 2. The number of rotatable bonds is 4. The smallest absolute Gasteiger partial charge is 0.251 e. The van der Waals surface area contributed by atoms with Crippen molar-refractivity contribution in [2.75, 3.05) is 19.6 Å². The van der Waals surface area contributed by atoms with Crippen molar-refractivity contribution in [3.63, 3.8) is 0 Å². The summed E-state index contributed by atoms with van der Waals surface area (Å²) in [4.78, 5) is 18.9. The molecule has 130 valence electrons. The Kier molecular flexibility index (Phi) is 4.59. The molecular weight excluding hydrogens is 338 g/mol. The maximum atomic E-state index is 12.5. The number of hydrogen-bond donors (Lipinski definition) is 1. The van der Waals surface area contributed by atoms with Gasteiger partial charge >= 0.3 is 0 Å². The highest BCUT2D eigenvalue weighted by Gasteiger charge is 2.32. The molecule has 4 rings (SSSR count). The number of nitrogens with zero attached hydrogens (tertiary/aromatic N) is 2. The van der Waals surface area contributed by atoms with Crippen LogP contribution in [0, 0.1) is 5.92 Å². The van der Waals surface area contributed by atoms with Crippen LogP contribution in [0.4, 0.5) is 0 Å². The first-order valence-electron chi connectivity index (χ1n) is 8.57. The van der Waals surface area contributed by atoms with Gasteiger partial charge in [-0.05, 0) is 49.6 Å². The van der Waals surface area contributed by atoms with Gasteiger partial charge in [0, 0.05) is 37.0 Å². The van der Waals surface area contributed by atoms with E-state index in [0.717, 1.165) is 18.9 Å². The molecule has 5 nitrogen and oxygen atoms in total. The second-order valence-corrected chi connectivity index (χ2v) is 7.22. The predicted octanol–water partition coefficient (Wildman–Crippen LogP) is 3.35. The number of carbonyl (C=O) groups excluding carboxylic acids is 1. The Balaban J connectivity index is 1.37. The Morgan fingerprint density at radius 3 is 2.80 bits per heavy atom. The number of ether oxygens (including phenoxy) is 1. The lowest BCUT2D eigenvalue weighted by molar-refractivity contribution is 0.0909. The number of hydrogen-bond acceptors (Lipinski definition) is 4. The van der Waals surface area contributed by atoms with Crippen molar-refractivity contribution < 1.29 is 9.53 Å². The van der Waals surface area contributed by atoms with Crippen molar-refractivity contribution in [3.8, 4) is 11.5 Å². The van der Waals surface area contributed by atoms with Gasteiger partial charge in [0.15, 0.2) is 0 Å². The molecule has 0 radical (unpaired) electrons. The minimum atomic E-state index is -0.0246. The van der Waals surface area contributed by atoms with Crippen molar-refractivity contribution in [3.05, 3.63) is 53.3 Å². The minimum absolute atomic E-state index is 0.0246. The third-order valence-electron chi connectivity index (χ3n) is 4.83. The number of amides is 1. The van der Waals surface area contributed by atoms with Gasteiger partial charge in [-0.3, -0.25) is 9.78 Å². The normalized spacial score (nSPS) is 24.8. The summed E-state index contributed by atoms with van der Waals surface area (Å²) in [5, 5.41) is 3.68. The maximum Gasteiger partial charge on any atom is 0.251 e.